The van der Waals surface area contributed by atoms with E-state index in [1.807, 2.05) is 39.1 Å². The van der Waals surface area contributed by atoms with Crippen molar-refractivity contribution in [2.24, 2.45) is 7.05 Å². The molecule has 0 aliphatic rings. The van der Waals surface area contributed by atoms with Crippen LogP contribution >= 0.6 is 11.3 Å². The molecule has 0 fully saturated rings. The summed E-state index contributed by atoms with van der Waals surface area (Å²) in [4.78, 5) is 18.0. The molecule has 0 unspecified atom stereocenters. The lowest BCUT2D eigenvalue weighted by Gasteiger charge is -2.01. The van der Waals surface area contributed by atoms with Crippen LogP contribution in [0, 0.1) is 13.8 Å². The van der Waals surface area contributed by atoms with E-state index >= 15 is 0 Å². The standard InChI is InChI=1S/C17H18N4OS/c1-11-14(10-18-21(11)3)16(22)20-17-19-15(12(2)23-17)9-13-7-5-4-6-8-13/h4-8,10H,9H2,1-3H3,(H,19,20,22). The molecule has 0 atom stereocenters. The van der Waals surface area contributed by atoms with E-state index in [-0.39, 0.29) is 5.91 Å². The number of rotatable bonds is 4. The normalized spacial score (nSPS) is 10.7. The summed E-state index contributed by atoms with van der Waals surface area (Å²) in [6, 6.07) is 10.2. The summed E-state index contributed by atoms with van der Waals surface area (Å²) < 4.78 is 1.68. The van der Waals surface area contributed by atoms with Crippen LogP contribution in [0.3, 0.4) is 0 Å². The van der Waals surface area contributed by atoms with Crippen LogP contribution < -0.4 is 5.32 Å². The predicted molar refractivity (Wildman–Crippen MR) is 92.0 cm³/mol. The van der Waals surface area contributed by atoms with Crippen molar-refractivity contribution in [1.82, 2.24) is 14.8 Å². The minimum Gasteiger partial charge on any atom is -0.298 e. The minimum absolute atomic E-state index is 0.171. The molecule has 118 valence electrons. The minimum atomic E-state index is -0.171. The van der Waals surface area contributed by atoms with Crippen molar-refractivity contribution in [2.75, 3.05) is 5.32 Å². The van der Waals surface area contributed by atoms with Gasteiger partial charge in [-0.2, -0.15) is 5.10 Å². The molecule has 0 saturated carbocycles. The van der Waals surface area contributed by atoms with Gasteiger partial charge in [0.1, 0.15) is 0 Å². The zero-order valence-electron chi connectivity index (χ0n) is 13.3. The molecule has 0 radical (unpaired) electrons. The second-order valence-corrected chi connectivity index (χ2v) is 6.61. The Morgan fingerprint density at radius 3 is 2.65 bits per heavy atom. The van der Waals surface area contributed by atoms with Gasteiger partial charge in [-0.05, 0) is 19.4 Å². The molecule has 0 aliphatic heterocycles. The fourth-order valence-corrected chi connectivity index (χ4v) is 3.15. The zero-order chi connectivity index (χ0) is 16.4. The molecule has 5 nitrogen and oxygen atoms in total. The van der Waals surface area contributed by atoms with Gasteiger partial charge in [0, 0.05) is 24.0 Å². The van der Waals surface area contributed by atoms with Crippen molar-refractivity contribution >= 4 is 22.4 Å². The molecule has 1 N–H and O–H groups in total. The molecule has 1 amide bonds. The number of thiazole rings is 1. The summed E-state index contributed by atoms with van der Waals surface area (Å²) >= 11 is 1.50. The first-order valence-corrected chi connectivity index (χ1v) is 8.16. The first-order valence-electron chi connectivity index (χ1n) is 7.35. The number of hydrogen-bond donors (Lipinski definition) is 1. The molecule has 0 aliphatic carbocycles. The fraction of sp³-hybridized carbons (Fsp3) is 0.235. The lowest BCUT2D eigenvalue weighted by atomic mass is 10.1. The number of carbonyl (C=O) groups is 1. The number of benzene rings is 1. The van der Waals surface area contributed by atoms with Gasteiger partial charge in [-0.25, -0.2) is 4.98 Å². The largest absolute Gasteiger partial charge is 0.298 e. The maximum Gasteiger partial charge on any atom is 0.260 e. The Kier molecular flexibility index (Phi) is 4.25. The number of carbonyl (C=O) groups excluding carboxylic acids is 1. The van der Waals surface area contributed by atoms with Crippen molar-refractivity contribution in [1.29, 1.82) is 0 Å². The van der Waals surface area contributed by atoms with Crippen LogP contribution in [0.4, 0.5) is 5.13 Å². The van der Waals surface area contributed by atoms with Crippen molar-refractivity contribution in [3.63, 3.8) is 0 Å². The van der Waals surface area contributed by atoms with Crippen LogP contribution in [0.25, 0.3) is 0 Å². The molecule has 23 heavy (non-hydrogen) atoms. The molecule has 2 aromatic heterocycles. The van der Waals surface area contributed by atoms with Crippen molar-refractivity contribution < 1.29 is 4.79 Å². The molecule has 0 spiro atoms. The van der Waals surface area contributed by atoms with Crippen molar-refractivity contribution in [3.05, 3.63) is 63.9 Å². The lowest BCUT2D eigenvalue weighted by Crippen LogP contribution is -2.12. The molecule has 0 bridgehead atoms. The van der Waals surface area contributed by atoms with Crippen molar-refractivity contribution in [3.8, 4) is 0 Å². The topological polar surface area (TPSA) is 59.8 Å². The second-order valence-electron chi connectivity index (χ2n) is 5.41. The zero-order valence-corrected chi connectivity index (χ0v) is 14.1. The Balaban J connectivity index is 1.76. The van der Waals surface area contributed by atoms with E-state index < -0.39 is 0 Å². The van der Waals surface area contributed by atoms with Gasteiger partial charge in [0.25, 0.3) is 5.91 Å². The number of anilines is 1. The van der Waals surface area contributed by atoms with Crippen LogP contribution in [0.1, 0.15) is 32.2 Å². The lowest BCUT2D eigenvalue weighted by molar-refractivity contribution is 0.102. The Bertz CT molecular complexity index is 836. The summed E-state index contributed by atoms with van der Waals surface area (Å²) in [5, 5.41) is 7.60. The van der Waals surface area contributed by atoms with Gasteiger partial charge in [-0.15, -0.1) is 11.3 Å². The third-order valence-electron chi connectivity index (χ3n) is 3.81. The molecular weight excluding hydrogens is 308 g/mol. The summed E-state index contributed by atoms with van der Waals surface area (Å²) in [7, 11) is 1.82. The van der Waals surface area contributed by atoms with E-state index in [9.17, 15) is 4.79 Å². The summed E-state index contributed by atoms with van der Waals surface area (Å²) in [6.45, 7) is 3.90. The quantitative estimate of drug-likeness (QED) is 0.800. The summed E-state index contributed by atoms with van der Waals surface area (Å²) in [5.41, 5.74) is 3.62. The van der Waals surface area contributed by atoms with Crippen LogP contribution in [0.2, 0.25) is 0 Å². The van der Waals surface area contributed by atoms with Gasteiger partial charge in [-0.1, -0.05) is 30.3 Å². The van der Waals surface area contributed by atoms with Crippen LogP contribution in [0.5, 0.6) is 0 Å². The monoisotopic (exact) mass is 326 g/mol. The highest BCUT2D eigenvalue weighted by Gasteiger charge is 2.16. The van der Waals surface area contributed by atoms with E-state index in [0.29, 0.717) is 10.7 Å². The molecular formula is C17H18N4OS. The summed E-state index contributed by atoms with van der Waals surface area (Å²) in [5.74, 6) is -0.171. The SMILES string of the molecule is Cc1sc(NC(=O)c2cnn(C)c2C)nc1Cc1ccccc1. The highest BCUT2D eigenvalue weighted by atomic mass is 32.1. The average molecular weight is 326 g/mol. The molecule has 2 heterocycles. The maximum atomic E-state index is 12.3. The smallest absolute Gasteiger partial charge is 0.260 e. The van der Waals surface area contributed by atoms with Crippen LogP contribution in [0.15, 0.2) is 36.5 Å². The molecule has 3 aromatic rings. The van der Waals surface area contributed by atoms with E-state index in [4.69, 9.17) is 0 Å². The Morgan fingerprint density at radius 1 is 1.26 bits per heavy atom. The summed E-state index contributed by atoms with van der Waals surface area (Å²) in [6.07, 6.45) is 2.35. The second kappa shape index (κ2) is 6.34. The van der Waals surface area contributed by atoms with E-state index in [1.165, 1.54) is 16.9 Å². The number of nitrogens with one attached hydrogen (secondary N) is 1. The predicted octanol–water partition coefficient (Wildman–Crippen LogP) is 3.34. The number of aryl methyl sites for hydroxylation is 2. The fourth-order valence-electron chi connectivity index (χ4n) is 2.32. The highest BCUT2D eigenvalue weighted by molar-refractivity contribution is 7.15. The first-order chi connectivity index (χ1) is 11.0. The number of amides is 1. The average Bonchev–Trinajstić information content (AvgIpc) is 3.04. The molecule has 6 heteroatoms. The van der Waals surface area contributed by atoms with E-state index in [1.54, 1.807) is 10.9 Å². The Morgan fingerprint density at radius 2 is 2.00 bits per heavy atom. The Hall–Kier alpha value is -2.47. The van der Waals surface area contributed by atoms with Gasteiger partial charge in [0.2, 0.25) is 0 Å². The van der Waals surface area contributed by atoms with Gasteiger partial charge < -0.3 is 0 Å². The van der Waals surface area contributed by atoms with Crippen molar-refractivity contribution in [2.45, 2.75) is 20.3 Å². The molecule has 3 rings (SSSR count). The van der Waals surface area contributed by atoms with Crippen LogP contribution in [-0.2, 0) is 13.5 Å². The first kappa shape index (κ1) is 15.4. The van der Waals surface area contributed by atoms with Crippen LogP contribution in [-0.4, -0.2) is 20.7 Å². The molecule has 0 saturated heterocycles. The maximum absolute atomic E-state index is 12.3. The molecule has 1 aromatic carbocycles. The highest BCUT2D eigenvalue weighted by Crippen LogP contribution is 2.24. The van der Waals surface area contributed by atoms with E-state index in [0.717, 1.165) is 22.7 Å². The van der Waals surface area contributed by atoms with Gasteiger partial charge in [-0.3, -0.25) is 14.8 Å². The van der Waals surface area contributed by atoms with Gasteiger partial charge in [0.05, 0.1) is 17.5 Å². The third kappa shape index (κ3) is 3.32. The number of aromatic nitrogens is 3. The van der Waals surface area contributed by atoms with Gasteiger partial charge >= 0.3 is 0 Å². The Labute approximate surface area is 139 Å². The van der Waals surface area contributed by atoms with Gasteiger partial charge in [0.15, 0.2) is 5.13 Å². The third-order valence-corrected chi connectivity index (χ3v) is 4.74. The van der Waals surface area contributed by atoms with E-state index in [2.05, 4.69) is 27.5 Å². The number of hydrogen-bond acceptors (Lipinski definition) is 4. The number of nitrogens with zero attached hydrogens (tertiary/aromatic N) is 3.